The van der Waals surface area contributed by atoms with Crippen LogP contribution in [0.15, 0.2) is 30.6 Å². The molecule has 3 amide bonds. The molecule has 9 nitrogen and oxygen atoms in total. The van der Waals surface area contributed by atoms with Crippen molar-refractivity contribution in [2.75, 3.05) is 13.7 Å². The first-order chi connectivity index (χ1) is 16.2. The maximum atomic E-state index is 13.6. The molecule has 1 aliphatic heterocycles. The molecule has 1 atom stereocenters. The molecule has 34 heavy (non-hydrogen) atoms. The van der Waals surface area contributed by atoms with E-state index in [4.69, 9.17) is 4.74 Å². The topological polar surface area (TPSA) is 106 Å². The summed E-state index contributed by atoms with van der Waals surface area (Å²) in [7, 11) is 1.61. The van der Waals surface area contributed by atoms with Gasteiger partial charge in [-0.1, -0.05) is 26.0 Å². The second-order valence-corrected chi connectivity index (χ2v) is 9.72. The second-order valence-electron chi connectivity index (χ2n) is 9.72. The number of hydrogen-bond donors (Lipinski definition) is 2. The summed E-state index contributed by atoms with van der Waals surface area (Å²) in [4.78, 5) is 45.7. The quantitative estimate of drug-likeness (QED) is 0.589. The van der Waals surface area contributed by atoms with E-state index in [1.54, 1.807) is 23.5 Å². The average molecular weight is 468 g/mol. The van der Waals surface area contributed by atoms with Gasteiger partial charge in [0.1, 0.15) is 17.0 Å². The van der Waals surface area contributed by atoms with Crippen LogP contribution in [0.5, 0.6) is 5.75 Å². The average Bonchev–Trinajstić information content (AvgIpc) is 3.55. The third kappa shape index (κ3) is 4.64. The highest BCUT2D eigenvalue weighted by Gasteiger charge is 2.53. The Morgan fingerprint density at radius 2 is 1.91 bits per heavy atom. The van der Waals surface area contributed by atoms with Gasteiger partial charge in [-0.15, -0.1) is 0 Å². The van der Waals surface area contributed by atoms with Gasteiger partial charge >= 0.3 is 0 Å². The van der Waals surface area contributed by atoms with Crippen molar-refractivity contribution in [3.63, 3.8) is 0 Å². The van der Waals surface area contributed by atoms with E-state index in [0.29, 0.717) is 19.0 Å². The van der Waals surface area contributed by atoms with E-state index in [9.17, 15) is 14.4 Å². The maximum Gasteiger partial charge on any atom is 0.274 e. The van der Waals surface area contributed by atoms with Crippen LogP contribution in [-0.4, -0.2) is 57.4 Å². The number of imidazole rings is 1. The Balaban J connectivity index is 1.53. The molecule has 1 fully saturated rings. The molecule has 2 N–H and O–H groups in total. The smallest absolute Gasteiger partial charge is 0.274 e. The lowest BCUT2D eigenvalue weighted by Crippen LogP contribution is -2.64. The number of carbonyl (C=O) groups is 3. The second kappa shape index (κ2) is 9.48. The normalized spacial score (nSPS) is 19.7. The number of carbonyl (C=O) groups excluding carboxylic acids is 3. The van der Waals surface area contributed by atoms with E-state index >= 15 is 0 Å². The molecule has 2 aromatic rings. The zero-order chi connectivity index (χ0) is 24.5. The Hall–Kier alpha value is -3.36. The number of nitrogens with zero attached hydrogens (tertiary/aromatic N) is 3. The number of rotatable bonds is 9. The summed E-state index contributed by atoms with van der Waals surface area (Å²) in [5.74, 6) is 0.302. The molecule has 0 bridgehead atoms. The number of fused-ring (bicyclic) bond motifs is 1. The number of ether oxygens (including phenoxy) is 1. The van der Waals surface area contributed by atoms with E-state index in [1.165, 1.54) is 6.33 Å². The Labute approximate surface area is 199 Å². The zero-order valence-electron chi connectivity index (χ0n) is 20.3. The molecule has 182 valence electrons. The summed E-state index contributed by atoms with van der Waals surface area (Å²) in [6, 6.07) is 7.46. The summed E-state index contributed by atoms with van der Waals surface area (Å²) in [5.41, 5.74) is 0.236. The van der Waals surface area contributed by atoms with E-state index < -0.39 is 5.54 Å². The molecule has 0 spiro atoms. The van der Waals surface area contributed by atoms with Crippen LogP contribution in [0.2, 0.25) is 0 Å². The van der Waals surface area contributed by atoms with E-state index in [0.717, 1.165) is 30.6 Å². The molecular formula is C25H33N5O4. The van der Waals surface area contributed by atoms with Crippen LogP contribution in [0.3, 0.4) is 0 Å². The molecule has 1 aromatic heterocycles. The van der Waals surface area contributed by atoms with Crippen LogP contribution < -0.4 is 15.4 Å². The molecule has 1 aliphatic carbocycles. The number of nitrogens with one attached hydrogen (secondary N) is 2. The minimum absolute atomic E-state index is 0.00950. The van der Waals surface area contributed by atoms with Crippen LogP contribution >= 0.6 is 0 Å². The van der Waals surface area contributed by atoms with Gasteiger partial charge in [-0.3, -0.25) is 14.4 Å². The standard InChI is InChI=1S/C25H33N5O4/c1-16(2)11-12-26-22(31)20-21-23(32)30(18-7-8-18)25(3,14-29(21)15-28-20)24(33)27-13-17-5-9-19(34-4)10-6-17/h5-6,9-10,15-16,18H,7-8,11-14H2,1-4H3,(H,26,31)(H,27,33). The number of hydrogen-bond acceptors (Lipinski definition) is 5. The molecule has 4 rings (SSSR count). The lowest BCUT2D eigenvalue weighted by Gasteiger charge is -2.44. The molecule has 2 aliphatic rings. The molecule has 1 unspecified atom stereocenters. The van der Waals surface area contributed by atoms with Crippen LogP contribution in [0.1, 0.15) is 66.6 Å². The fourth-order valence-corrected chi connectivity index (χ4v) is 4.40. The van der Waals surface area contributed by atoms with Gasteiger partial charge in [-0.05, 0) is 49.8 Å². The van der Waals surface area contributed by atoms with E-state index in [2.05, 4.69) is 29.5 Å². The number of methoxy groups -OCH3 is 1. The molecule has 2 heterocycles. The predicted molar refractivity (Wildman–Crippen MR) is 126 cm³/mol. The van der Waals surface area contributed by atoms with Gasteiger partial charge in [0.2, 0.25) is 5.91 Å². The Bertz CT molecular complexity index is 1070. The first kappa shape index (κ1) is 23.8. The number of aromatic nitrogens is 2. The first-order valence-electron chi connectivity index (χ1n) is 11.8. The van der Waals surface area contributed by atoms with Crippen LogP contribution in [-0.2, 0) is 17.9 Å². The van der Waals surface area contributed by atoms with Crippen LogP contribution in [0, 0.1) is 5.92 Å². The van der Waals surface area contributed by atoms with Gasteiger partial charge in [0.25, 0.3) is 11.8 Å². The summed E-state index contributed by atoms with van der Waals surface area (Å²) < 4.78 is 6.82. The van der Waals surface area contributed by atoms with Gasteiger partial charge < -0.3 is 24.8 Å². The Morgan fingerprint density at radius 3 is 2.53 bits per heavy atom. The van der Waals surface area contributed by atoms with Crippen molar-refractivity contribution in [3.8, 4) is 5.75 Å². The minimum atomic E-state index is -1.08. The molecule has 0 radical (unpaired) electrons. The largest absolute Gasteiger partial charge is 0.497 e. The highest BCUT2D eigenvalue weighted by atomic mass is 16.5. The maximum absolute atomic E-state index is 13.6. The van der Waals surface area contributed by atoms with Crippen molar-refractivity contribution >= 4 is 17.7 Å². The van der Waals surface area contributed by atoms with Gasteiger partial charge in [-0.2, -0.15) is 0 Å². The molecular weight excluding hydrogens is 434 g/mol. The van der Waals surface area contributed by atoms with Crippen LogP contribution in [0.25, 0.3) is 0 Å². The summed E-state index contributed by atoms with van der Waals surface area (Å²) >= 11 is 0. The van der Waals surface area contributed by atoms with E-state index in [1.807, 2.05) is 24.3 Å². The van der Waals surface area contributed by atoms with Gasteiger partial charge in [0, 0.05) is 19.1 Å². The van der Waals surface area contributed by atoms with Crippen molar-refractivity contribution in [1.29, 1.82) is 0 Å². The van der Waals surface area contributed by atoms with Crippen molar-refractivity contribution in [1.82, 2.24) is 25.1 Å². The van der Waals surface area contributed by atoms with E-state index in [-0.39, 0.29) is 41.7 Å². The Morgan fingerprint density at radius 1 is 1.21 bits per heavy atom. The lowest BCUT2D eigenvalue weighted by molar-refractivity contribution is -0.133. The van der Waals surface area contributed by atoms with Crippen molar-refractivity contribution in [2.24, 2.45) is 5.92 Å². The minimum Gasteiger partial charge on any atom is -0.497 e. The zero-order valence-corrected chi connectivity index (χ0v) is 20.3. The van der Waals surface area contributed by atoms with Crippen LogP contribution in [0.4, 0.5) is 0 Å². The van der Waals surface area contributed by atoms with Crippen molar-refractivity contribution < 1.29 is 19.1 Å². The Kier molecular flexibility index (Phi) is 6.63. The molecule has 9 heteroatoms. The first-order valence-corrected chi connectivity index (χ1v) is 11.8. The summed E-state index contributed by atoms with van der Waals surface area (Å²) in [6.07, 6.45) is 4.02. The SMILES string of the molecule is COc1ccc(CNC(=O)C2(C)Cn3cnc(C(=O)NCCC(C)C)c3C(=O)N2C2CC2)cc1. The third-order valence-corrected chi connectivity index (χ3v) is 6.50. The number of amides is 3. The van der Waals surface area contributed by atoms with Crippen molar-refractivity contribution in [2.45, 2.75) is 64.7 Å². The lowest BCUT2D eigenvalue weighted by atomic mass is 9.93. The fraction of sp³-hybridized carbons (Fsp3) is 0.520. The highest BCUT2D eigenvalue weighted by molar-refractivity contribution is 6.07. The van der Waals surface area contributed by atoms with Gasteiger partial charge in [0.05, 0.1) is 20.0 Å². The monoisotopic (exact) mass is 467 g/mol. The number of benzene rings is 1. The van der Waals surface area contributed by atoms with Gasteiger partial charge in [-0.25, -0.2) is 4.98 Å². The molecule has 1 aromatic carbocycles. The summed E-state index contributed by atoms with van der Waals surface area (Å²) in [5, 5.41) is 5.86. The van der Waals surface area contributed by atoms with Gasteiger partial charge in [0.15, 0.2) is 5.69 Å². The van der Waals surface area contributed by atoms with Crippen molar-refractivity contribution in [3.05, 3.63) is 47.5 Å². The summed E-state index contributed by atoms with van der Waals surface area (Å²) in [6.45, 7) is 7.06. The highest BCUT2D eigenvalue weighted by Crippen LogP contribution is 2.38. The predicted octanol–water partition coefficient (Wildman–Crippen LogP) is 2.36. The third-order valence-electron chi connectivity index (χ3n) is 6.50. The fourth-order valence-electron chi connectivity index (χ4n) is 4.40. The molecule has 0 saturated heterocycles. The molecule has 1 saturated carbocycles.